The van der Waals surface area contributed by atoms with E-state index in [1.165, 1.54) is 5.39 Å². The van der Waals surface area contributed by atoms with Gasteiger partial charge in [0.05, 0.1) is 17.6 Å². The number of aromatic nitrogens is 1. The van der Waals surface area contributed by atoms with Gasteiger partial charge in [-0.15, -0.1) is 0 Å². The van der Waals surface area contributed by atoms with Gasteiger partial charge in [0, 0.05) is 27.4 Å². The fourth-order valence-electron chi connectivity index (χ4n) is 2.67. The lowest BCUT2D eigenvalue weighted by molar-refractivity contribution is 0.0681. The summed E-state index contributed by atoms with van der Waals surface area (Å²) in [4.78, 5) is 4.81. The van der Waals surface area contributed by atoms with Crippen molar-refractivity contribution in [3.8, 4) is 0 Å². The van der Waals surface area contributed by atoms with Gasteiger partial charge in [0.25, 0.3) is 0 Å². The minimum Gasteiger partial charge on any atom is -0.359 e. The number of alkyl halides is 1. The molecule has 3 aromatic rings. The quantitative estimate of drug-likeness (QED) is 0.540. The maximum Gasteiger partial charge on any atom is 0.137 e. The molecule has 4 rings (SSSR count). The zero-order chi connectivity index (χ0) is 13.5. The van der Waals surface area contributed by atoms with Crippen molar-refractivity contribution in [2.75, 3.05) is 10.6 Å². The number of benzene rings is 2. The molecule has 0 aliphatic carbocycles. The second kappa shape index (κ2) is 4.72. The molecule has 4 heteroatoms. The van der Waals surface area contributed by atoms with Gasteiger partial charge in [-0.1, -0.05) is 40.2 Å². The van der Waals surface area contributed by atoms with Crippen LogP contribution in [0.4, 0.5) is 5.69 Å². The van der Waals surface area contributed by atoms with Crippen molar-refractivity contribution in [1.29, 1.82) is 0 Å². The Bertz CT molecular complexity index is 803. The fourth-order valence-corrected chi connectivity index (χ4v) is 3.01. The Morgan fingerprint density at radius 1 is 1.20 bits per heavy atom. The molecule has 0 amide bonds. The van der Waals surface area contributed by atoms with Gasteiger partial charge in [0.15, 0.2) is 0 Å². The van der Waals surface area contributed by atoms with Crippen LogP contribution in [0.5, 0.6) is 0 Å². The fraction of sp³-hybridized carbons (Fsp3) is 0.188. The van der Waals surface area contributed by atoms with E-state index in [0.29, 0.717) is 6.61 Å². The molecule has 2 aromatic carbocycles. The Balaban J connectivity index is 1.96. The summed E-state index contributed by atoms with van der Waals surface area (Å²) < 4.78 is 5.78. The molecule has 0 saturated heterocycles. The van der Waals surface area contributed by atoms with Crippen molar-refractivity contribution < 1.29 is 4.74 Å². The van der Waals surface area contributed by atoms with Gasteiger partial charge in [0.1, 0.15) is 6.23 Å². The summed E-state index contributed by atoms with van der Waals surface area (Å²) >= 11 is 3.44. The molecular formula is C16H13BrN2O. The Kier molecular flexibility index (Phi) is 2.86. The van der Waals surface area contributed by atoms with Crippen LogP contribution in [0.3, 0.4) is 0 Å². The van der Waals surface area contributed by atoms with E-state index in [1.807, 2.05) is 18.2 Å². The van der Waals surface area contributed by atoms with Crippen LogP contribution in [0.15, 0.2) is 42.5 Å². The number of hydrogen-bond donors (Lipinski definition) is 1. The summed E-state index contributed by atoms with van der Waals surface area (Å²) in [6.07, 6.45) is 0.0282. The van der Waals surface area contributed by atoms with E-state index in [2.05, 4.69) is 45.5 Å². The van der Waals surface area contributed by atoms with E-state index in [4.69, 9.17) is 9.72 Å². The van der Waals surface area contributed by atoms with Crippen molar-refractivity contribution in [1.82, 2.24) is 4.98 Å². The van der Waals surface area contributed by atoms with Crippen LogP contribution in [0, 0.1) is 0 Å². The lowest BCUT2D eigenvalue weighted by Gasteiger charge is -2.26. The molecule has 1 N–H and O–H groups in total. The average Bonchev–Trinajstić information content (AvgIpc) is 2.52. The highest BCUT2D eigenvalue weighted by Crippen LogP contribution is 2.31. The van der Waals surface area contributed by atoms with Gasteiger partial charge < -0.3 is 10.1 Å². The molecule has 1 aromatic heterocycles. The number of para-hydroxylation sites is 1. The molecular weight excluding hydrogens is 316 g/mol. The van der Waals surface area contributed by atoms with Crippen LogP contribution in [0.25, 0.3) is 21.8 Å². The molecule has 1 atom stereocenters. The number of nitrogens with one attached hydrogen (secondary N) is 1. The first kappa shape index (κ1) is 12.1. The smallest absolute Gasteiger partial charge is 0.137 e. The molecule has 20 heavy (non-hydrogen) atoms. The minimum atomic E-state index is 0.0282. The summed E-state index contributed by atoms with van der Waals surface area (Å²) in [5.41, 5.74) is 4.32. The standard InChI is InChI=1S/C16H13BrN2O/c17-8-15-18-14-6-5-11-7-10-3-1-2-4-13(10)19-16(11)12(14)9-20-15/h1-7,15,18H,8-9H2. The van der Waals surface area contributed by atoms with Crippen LogP contribution in [0.1, 0.15) is 5.56 Å². The third kappa shape index (κ3) is 1.87. The maximum atomic E-state index is 5.78. The van der Waals surface area contributed by atoms with Gasteiger partial charge in [-0.3, -0.25) is 0 Å². The van der Waals surface area contributed by atoms with Crippen molar-refractivity contribution in [2.45, 2.75) is 12.8 Å². The predicted octanol–water partition coefficient (Wildman–Crippen LogP) is 4.05. The molecule has 1 aliphatic rings. The highest BCUT2D eigenvalue weighted by atomic mass is 79.9. The highest BCUT2D eigenvalue weighted by Gasteiger charge is 2.19. The number of pyridine rings is 1. The molecule has 100 valence electrons. The van der Waals surface area contributed by atoms with Crippen LogP contribution < -0.4 is 5.32 Å². The first-order valence-electron chi connectivity index (χ1n) is 6.60. The lowest BCUT2D eigenvalue weighted by atomic mass is 10.0. The van der Waals surface area contributed by atoms with E-state index in [9.17, 15) is 0 Å². The first-order valence-corrected chi connectivity index (χ1v) is 7.73. The topological polar surface area (TPSA) is 34.2 Å². The molecule has 0 saturated carbocycles. The monoisotopic (exact) mass is 328 g/mol. The van der Waals surface area contributed by atoms with E-state index < -0.39 is 0 Å². The number of halogens is 1. The van der Waals surface area contributed by atoms with Gasteiger partial charge >= 0.3 is 0 Å². The first-order chi connectivity index (χ1) is 9.85. The third-order valence-electron chi connectivity index (χ3n) is 3.68. The van der Waals surface area contributed by atoms with Crippen molar-refractivity contribution in [2.24, 2.45) is 0 Å². The number of rotatable bonds is 1. The van der Waals surface area contributed by atoms with E-state index in [-0.39, 0.29) is 6.23 Å². The lowest BCUT2D eigenvalue weighted by Crippen LogP contribution is -2.29. The van der Waals surface area contributed by atoms with Gasteiger partial charge in [-0.05, 0) is 18.2 Å². The number of fused-ring (bicyclic) bond motifs is 4. The summed E-state index contributed by atoms with van der Waals surface area (Å²) in [7, 11) is 0. The molecule has 0 spiro atoms. The van der Waals surface area contributed by atoms with Crippen molar-refractivity contribution in [3.63, 3.8) is 0 Å². The second-order valence-corrected chi connectivity index (χ2v) is 5.59. The molecule has 1 aliphatic heterocycles. The largest absolute Gasteiger partial charge is 0.359 e. The van der Waals surface area contributed by atoms with Gasteiger partial charge in [-0.25, -0.2) is 4.98 Å². The zero-order valence-electron chi connectivity index (χ0n) is 10.8. The Morgan fingerprint density at radius 2 is 2.10 bits per heavy atom. The zero-order valence-corrected chi connectivity index (χ0v) is 12.4. The van der Waals surface area contributed by atoms with Gasteiger partial charge in [-0.2, -0.15) is 0 Å². The summed E-state index contributed by atoms with van der Waals surface area (Å²) in [6.45, 7) is 0.598. The van der Waals surface area contributed by atoms with E-state index in [1.54, 1.807) is 0 Å². The van der Waals surface area contributed by atoms with E-state index in [0.717, 1.165) is 33.0 Å². The molecule has 0 bridgehead atoms. The van der Waals surface area contributed by atoms with Crippen molar-refractivity contribution in [3.05, 3.63) is 48.0 Å². The molecule has 0 radical (unpaired) electrons. The number of nitrogens with zero attached hydrogens (tertiary/aromatic N) is 1. The normalized spacial score (nSPS) is 17.9. The predicted molar refractivity (Wildman–Crippen MR) is 85.2 cm³/mol. The highest BCUT2D eigenvalue weighted by molar-refractivity contribution is 9.09. The average molecular weight is 329 g/mol. The van der Waals surface area contributed by atoms with Crippen LogP contribution in [0.2, 0.25) is 0 Å². The summed E-state index contributed by atoms with van der Waals surface area (Å²) in [6, 6.07) is 14.6. The maximum absolute atomic E-state index is 5.78. The SMILES string of the molecule is BrCC1Nc2ccc3cc4ccccc4nc3c2CO1. The van der Waals surface area contributed by atoms with E-state index >= 15 is 0 Å². The molecule has 0 fully saturated rings. The minimum absolute atomic E-state index is 0.0282. The van der Waals surface area contributed by atoms with Crippen LogP contribution >= 0.6 is 15.9 Å². The number of ether oxygens (including phenoxy) is 1. The Morgan fingerprint density at radius 3 is 3.00 bits per heavy atom. The summed E-state index contributed by atoms with van der Waals surface area (Å²) in [5, 5.41) is 6.48. The van der Waals surface area contributed by atoms with Crippen molar-refractivity contribution >= 4 is 43.4 Å². The Hall–Kier alpha value is -1.65. The number of anilines is 1. The van der Waals surface area contributed by atoms with Gasteiger partial charge in [0.2, 0.25) is 0 Å². The number of hydrogen-bond acceptors (Lipinski definition) is 3. The molecule has 1 unspecified atom stereocenters. The molecule has 2 heterocycles. The van der Waals surface area contributed by atoms with Crippen LogP contribution in [-0.4, -0.2) is 16.5 Å². The summed E-state index contributed by atoms with van der Waals surface area (Å²) in [5.74, 6) is 0. The second-order valence-electron chi connectivity index (χ2n) is 4.94. The third-order valence-corrected chi connectivity index (χ3v) is 4.27. The molecule has 3 nitrogen and oxygen atoms in total. The van der Waals surface area contributed by atoms with Crippen LogP contribution in [-0.2, 0) is 11.3 Å². The Labute approximate surface area is 125 Å².